The molecule has 0 atom stereocenters. The summed E-state index contributed by atoms with van der Waals surface area (Å²) in [6, 6.07) is 3.81. The summed E-state index contributed by atoms with van der Waals surface area (Å²) in [7, 11) is 0. The Morgan fingerprint density at radius 2 is 2.03 bits per heavy atom. The van der Waals surface area contributed by atoms with Crippen molar-refractivity contribution in [1.82, 2.24) is 24.4 Å². The zero-order valence-electron chi connectivity index (χ0n) is 17.1. The molecule has 30 heavy (non-hydrogen) atoms. The third kappa shape index (κ3) is 3.79. The molecule has 3 aromatic heterocycles. The quantitative estimate of drug-likeness (QED) is 0.666. The van der Waals surface area contributed by atoms with Crippen LogP contribution in [-0.2, 0) is 22.5 Å². The van der Waals surface area contributed by atoms with Gasteiger partial charge in [-0.15, -0.1) is 11.3 Å². The first kappa shape index (κ1) is 20.4. The normalized spacial score (nSPS) is 15.1. The first-order valence-electron chi connectivity index (χ1n) is 10.2. The lowest BCUT2D eigenvalue weighted by atomic mass is 10.1. The highest BCUT2D eigenvalue weighted by Crippen LogP contribution is 2.24. The van der Waals surface area contributed by atoms with E-state index in [9.17, 15) is 14.4 Å². The van der Waals surface area contributed by atoms with Crippen molar-refractivity contribution < 1.29 is 14.3 Å². The summed E-state index contributed by atoms with van der Waals surface area (Å²) >= 11 is 1.58. The fourth-order valence-electron chi connectivity index (χ4n) is 3.89. The molecule has 0 saturated carbocycles. The van der Waals surface area contributed by atoms with Crippen LogP contribution in [0.5, 0.6) is 0 Å². The van der Waals surface area contributed by atoms with Crippen LogP contribution in [0.25, 0.3) is 15.7 Å². The van der Waals surface area contributed by atoms with Gasteiger partial charge in [-0.05, 0) is 37.3 Å². The molecule has 0 bridgehead atoms. The maximum atomic E-state index is 12.9. The zero-order chi connectivity index (χ0) is 21.3. The van der Waals surface area contributed by atoms with Gasteiger partial charge in [0.05, 0.1) is 16.8 Å². The topological polar surface area (TPSA) is 97.9 Å². The number of thiophene rings is 1. The van der Waals surface area contributed by atoms with E-state index in [2.05, 4.69) is 10.4 Å². The van der Waals surface area contributed by atoms with E-state index >= 15 is 0 Å². The number of hydrogen-bond donors (Lipinski definition) is 1. The fraction of sp³-hybridized carbons (Fsp3) is 0.500. The van der Waals surface area contributed by atoms with E-state index in [1.165, 1.54) is 4.68 Å². The second-order valence-electron chi connectivity index (χ2n) is 7.30. The number of fused-ring (bicyclic) bond motifs is 3. The van der Waals surface area contributed by atoms with Crippen LogP contribution >= 0.6 is 11.3 Å². The molecule has 1 N–H and O–H groups in total. The van der Waals surface area contributed by atoms with E-state index in [1.807, 2.05) is 28.8 Å². The minimum Gasteiger partial charge on any atom is -0.450 e. The summed E-state index contributed by atoms with van der Waals surface area (Å²) in [4.78, 5) is 38.9. The van der Waals surface area contributed by atoms with E-state index in [0.717, 1.165) is 16.0 Å². The van der Waals surface area contributed by atoms with Gasteiger partial charge in [-0.1, -0.05) is 6.92 Å². The first-order valence-corrected chi connectivity index (χ1v) is 11.1. The van der Waals surface area contributed by atoms with Gasteiger partial charge in [0.25, 0.3) is 5.56 Å². The Labute approximate surface area is 177 Å². The lowest BCUT2D eigenvalue weighted by Crippen LogP contribution is -2.48. The van der Waals surface area contributed by atoms with E-state index in [1.54, 1.807) is 23.2 Å². The minimum atomic E-state index is -0.314. The summed E-state index contributed by atoms with van der Waals surface area (Å²) in [5, 5.41) is 9.41. The molecule has 4 rings (SSSR count). The number of carbonyl (C=O) groups excluding carboxylic acids is 2. The van der Waals surface area contributed by atoms with Crippen molar-refractivity contribution in [1.29, 1.82) is 0 Å². The Balaban J connectivity index is 1.45. The lowest BCUT2D eigenvalue weighted by Gasteiger charge is -2.31. The predicted octanol–water partition coefficient (Wildman–Crippen LogP) is 2.01. The molecule has 0 unspecified atom stereocenters. The van der Waals surface area contributed by atoms with Crippen molar-refractivity contribution in [3.8, 4) is 0 Å². The third-order valence-corrected chi connectivity index (χ3v) is 6.22. The molecule has 10 heteroatoms. The van der Waals surface area contributed by atoms with Crippen molar-refractivity contribution in [3.05, 3.63) is 33.7 Å². The molecule has 0 aliphatic carbocycles. The second-order valence-corrected chi connectivity index (χ2v) is 8.24. The van der Waals surface area contributed by atoms with Gasteiger partial charge in [0.15, 0.2) is 0 Å². The Kier molecular flexibility index (Phi) is 5.76. The number of piperidine rings is 1. The fourth-order valence-corrected chi connectivity index (χ4v) is 4.69. The van der Waals surface area contributed by atoms with Gasteiger partial charge in [0, 0.05) is 25.6 Å². The van der Waals surface area contributed by atoms with Crippen molar-refractivity contribution in [2.45, 2.75) is 45.7 Å². The summed E-state index contributed by atoms with van der Waals surface area (Å²) in [5.41, 5.74) is 1.24. The summed E-state index contributed by atoms with van der Waals surface area (Å²) in [5.74, 6) is 0.493. The molecule has 0 spiro atoms. The van der Waals surface area contributed by atoms with Crippen LogP contribution in [0.2, 0.25) is 0 Å². The van der Waals surface area contributed by atoms with Gasteiger partial charge >= 0.3 is 6.09 Å². The summed E-state index contributed by atoms with van der Waals surface area (Å²) in [6.07, 6.45) is 1.64. The minimum absolute atomic E-state index is 0.0353. The summed E-state index contributed by atoms with van der Waals surface area (Å²) < 4.78 is 9.18. The Morgan fingerprint density at radius 3 is 2.73 bits per heavy atom. The number of nitrogens with zero attached hydrogens (tertiary/aromatic N) is 4. The molecule has 2 amide bonds. The molecule has 3 aromatic rings. The molecular weight excluding hydrogens is 406 g/mol. The van der Waals surface area contributed by atoms with Crippen LogP contribution in [0.15, 0.2) is 22.3 Å². The van der Waals surface area contributed by atoms with Gasteiger partial charge in [0.2, 0.25) is 5.91 Å². The molecule has 1 saturated heterocycles. The monoisotopic (exact) mass is 431 g/mol. The molecule has 0 radical (unpaired) electrons. The average Bonchev–Trinajstić information content (AvgIpc) is 3.32. The molecule has 4 heterocycles. The van der Waals surface area contributed by atoms with E-state index in [4.69, 9.17) is 4.74 Å². The highest BCUT2D eigenvalue weighted by atomic mass is 32.1. The van der Waals surface area contributed by atoms with Crippen molar-refractivity contribution >= 4 is 39.1 Å². The smallest absolute Gasteiger partial charge is 0.409 e. The molecule has 1 aliphatic rings. The first-order chi connectivity index (χ1) is 14.5. The molecule has 1 fully saturated rings. The molecular formula is C20H25N5O4S. The highest BCUT2D eigenvalue weighted by Gasteiger charge is 2.25. The number of nitrogens with one attached hydrogen (secondary N) is 1. The van der Waals surface area contributed by atoms with Crippen molar-refractivity contribution in [3.63, 3.8) is 0 Å². The molecule has 160 valence electrons. The highest BCUT2D eigenvalue weighted by molar-refractivity contribution is 7.17. The van der Waals surface area contributed by atoms with E-state index in [-0.39, 0.29) is 30.1 Å². The Morgan fingerprint density at radius 1 is 1.27 bits per heavy atom. The maximum absolute atomic E-state index is 12.9. The number of ether oxygens (including phenoxy) is 1. The number of aryl methyl sites for hydroxylation is 1. The SMILES string of the molecule is CCOC(=O)N1CCC(NC(=O)Cn2nc(CC)n3c(cc4sccc43)c2=O)CC1. The predicted molar refractivity (Wildman–Crippen MR) is 114 cm³/mol. The van der Waals surface area contributed by atoms with Crippen LogP contribution in [0, 0.1) is 0 Å². The number of aromatic nitrogens is 3. The largest absolute Gasteiger partial charge is 0.450 e. The molecule has 1 aliphatic heterocycles. The second kappa shape index (κ2) is 8.47. The van der Waals surface area contributed by atoms with Crippen LogP contribution in [0.3, 0.4) is 0 Å². The van der Waals surface area contributed by atoms with Gasteiger partial charge in [-0.25, -0.2) is 9.48 Å². The van der Waals surface area contributed by atoms with E-state index in [0.29, 0.717) is 44.5 Å². The van der Waals surface area contributed by atoms with Crippen molar-refractivity contribution in [2.24, 2.45) is 0 Å². The van der Waals surface area contributed by atoms with Crippen LogP contribution in [-0.4, -0.2) is 56.8 Å². The Bertz CT molecular complexity index is 1140. The van der Waals surface area contributed by atoms with E-state index < -0.39 is 0 Å². The van der Waals surface area contributed by atoms with Crippen molar-refractivity contribution in [2.75, 3.05) is 19.7 Å². The average molecular weight is 432 g/mol. The van der Waals surface area contributed by atoms with Crippen LogP contribution in [0.4, 0.5) is 4.79 Å². The lowest BCUT2D eigenvalue weighted by molar-refractivity contribution is -0.122. The number of rotatable bonds is 5. The Hall–Kier alpha value is -2.88. The van der Waals surface area contributed by atoms with Gasteiger partial charge in [-0.3, -0.25) is 14.0 Å². The van der Waals surface area contributed by atoms with Gasteiger partial charge in [-0.2, -0.15) is 5.10 Å². The number of amides is 2. The zero-order valence-corrected chi connectivity index (χ0v) is 17.9. The van der Waals surface area contributed by atoms with Gasteiger partial charge < -0.3 is 15.0 Å². The maximum Gasteiger partial charge on any atom is 0.409 e. The number of hydrogen-bond acceptors (Lipinski definition) is 6. The standard InChI is InChI=1S/C20H25N5O4S/c1-3-17-22-24(19(27)15-11-16-14(25(15)17)7-10-30-16)12-18(26)21-13-5-8-23(9-6-13)20(28)29-4-2/h7,10-11,13H,3-6,8-9,12H2,1-2H3,(H,21,26). The van der Waals surface area contributed by atoms with Crippen LogP contribution in [0.1, 0.15) is 32.5 Å². The molecule has 9 nitrogen and oxygen atoms in total. The third-order valence-electron chi connectivity index (χ3n) is 5.37. The van der Waals surface area contributed by atoms with Gasteiger partial charge in [0.1, 0.15) is 17.9 Å². The summed E-state index contributed by atoms with van der Waals surface area (Å²) in [6.45, 7) is 5.05. The molecule has 0 aromatic carbocycles. The van der Waals surface area contributed by atoms with Crippen LogP contribution < -0.4 is 10.9 Å². The number of carbonyl (C=O) groups is 2. The number of likely N-dealkylation sites (tertiary alicyclic amines) is 1.